The number of halogens is 2. The molecular formula is C56H64F2N12O8. The Labute approximate surface area is 450 Å². The summed E-state index contributed by atoms with van der Waals surface area (Å²) in [6.45, 7) is 12.1. The van der Waals surface area contributed by atoms with E-state index in [1.165, 1.54) is 6.20 Å². The zero-order valence-electron chi connectivity index (χ0n) is 43.8. The number of piperazine rings is 2. The van der Waals surface area contributed by atoms with Gasteiger partial charge in [-0.25, -0.2) is 18.3 Å². The van der Waals surface area contributed by atoms with E-state index >= 15 is 0 Å². The van der Waals surface area contributed by atoms with Gasteiger partial charge >= 0.3 is 0 Å². The van der Waals surface area contributed by atoms with E-state index in [1.807, 2.05) is 42.2 Å². The molecule has 0 saturated carbocycles. The quantitative estimate of drug-likeness (QED) is 0.0889. The molecule has 2 aromatic carbocycles. The molecule has 4 saturated heterocycles. The second-order valence-corrected chi connectivity index (χ2v) is 20.4. The zero-order chi connectivity index (χ0) is 54.3. The van der Waals surface area contributed by atoms with Crippen molar-refractivity contribution in [2.45, 2.75) is 57.2 Å². The van der Waals surface area contributed by atoms with Gasteiger partial charge in [0.15, 0.2) is 0 Å². The van der Waals surface area contributed by atoms with Gasteiger partial charge in [-0.2, -0.15) is 10.4 Å². The number of ether oxygens (including phenoxy) is 3. The lowest BCUT2D eigenvalue weighted by Crippen LogP contribution is -2.62. The number of amides is 5. The number of carbonyl (C=O) groups is 5. The molecular weight excluding hydrogens is 1010 g/mol. The van der Waals surface area contributed by atoms with Gasteiger partial charge in [-0.15, -0.1) is 0 Å². The molecule has 8 heterocycles. The SMILES string of the molecule is CCOc1cc(-c2ccc(N3CCC(CN4CCN(CCOCCOCCC(=O)N5CCN(c6ccc7c(c6)CN(C6CCC(=O)NC6=O)C7=O)CC5)CC4)(NC(=O)c4cc(F)ccc4F)CC3)nc2)c2c(C#N)cnn2c1. The van der Waals surface area contributed by atoms with E-state index in [0.717, 1.165) is 79.1 Å². The molecule has 5 aromatic rings. The summed E-state index contributed by atoms with van der Waals surface area (Å²) in [4.78, 5) is 81.2. The highest BCUT2D eigenvalue weighted by atomic mass is 19.1. The van der Waals surface area contributed by atoms with Crippen LogP contribution in [0.5, 0.6) is 5.75 Å². The molecule has 5 aliphatic heterocycles. The van der Waals surface area contributed by atoms with Gasteiger partial charge in [-0.3, -0.25) is 39.1 Å². The van der Waals surface area contributed by atoms with Crippen LogP contribution in [0.25, 0.3) is 16.6 Å². The van der Waals surface area contributed by atoms with Gasteiger partial charge in [0.2, 0.25) is 17.7 Å². The van der Waals surface area contributed by atoms with Crippen LogP contribution in [0, 0.1) is 23.0 Å². The van der Waals surface area contributed by atoms with Gasteiger partial charge in [0.1, 0.15) is 35.3 Å². The monoisotopic (exact) mass is 1070 g/mol. The molecule has 1 unspecified atom stereocenters. The number of rotatable bonds is 19. The van der Waals surface area contributed by atoms with Crippen molar-refractivity contribution >= 4 is 46.6 Å². The molecule has 22 heteroatoms. The fourth-order valence-electron chi connectivity index (χ4n) is 11.2. The number of fused-ring (bicyclic) bond motifs is 2. The topological polar surface area (TPSA) is 211 Å². The predicted octanol–water partition coefficient (Wildman–Crippen LogP) is 3.86. The smallest absolute Gasteiger partial charge is 0.255 e. The summed E-state index contributed by atoms with van der Waals surface area (Å²) in [5.74, 6) is -1.68. The number of anilines is 2. The molecule has 3 aromatic heterocycles. The molecule has 0 aliphatic carbocycles. The molecule has 410 valence electrons. The van der Waals surface area contributed by atoms with E-state index < -0.39 is 35.0 Å². The first-order valence-electron chi connectivity index (χ1n) is 26.8. The molecule has 10 rings (SSSR count). The summed E-state index contributed by atoms with van der Waals surface area (Å²) in [7, 11) is 0. The minimum Gasteiger partial charge on any atom is -0.492 e. The normalized spacial score (nSPS) is 19.0. The van der Waals surface area contributed by atoms with Crippen LogP contribution in [0.4, 0.5) is 20.3 Å². The molecule has 4 fully saturated rings. The van der Waals surface area contributed by atoms with Gasteiger partial charge in [0.05, 0.1) is 74.0 Å². The largest absolute Gasteiger partial charge is 0.492 e. The van der Waals surface area contributed by atoms with Gasteiger partial charge < -0.3 is 39.1 Å². The van der Waals surface area contributed by atoms with Crippen LogP contribution in [0.15, 0.2) is 73.2 Å². The number of nitrogens with one attached hydrogen (secondary N) is 2. The molecule has 20 nitrogen and oxygen atoms in total. The third kappa shape index (κ3) is 12.1. The van der Waals surface area contributed by atoms with Crippen molar-refractivity contribution in [3.63, 3.8) is 0 Å². The lowest BCUT2D eigenvalue weighted by atomic mass is 9.86. The minimum absolute atomic E-state index is 0.0309. The van der Waals surface area contributed by atoms with Gasteiger partial charge in [0.25, 0.3) is 11.8 Å². The van der Waals surface area contributed by atoms with Crippen LogP contribution in [0.3, 0.4) is 0 Å². The first-order chi connectivity index (χ1) is 37.9. The molecule has 78 heavy (non-hydrogen) atoms. The Kier molecular flexibility index (Phi) is 16.5. The number of nitriles is 1. The van der Waals surface area contributed by atoms with Crippen molar-refractivity contribution in [1.29, 1.82) is 5.26 Å². The van der Waals surface area contributed by atoms with Crippen LogP contribution < -0.4 is 25.2 Å². The Balaban J connectivity index is 0.640. The molecule has 5 aliphatic rings. The van der Waals surface area contributed by atoms with Crippen LogP contribution in [-0.2, 0) is 30.4 Å². The van der Waals surface area contributed by atoms with Crippen LogP contribution in [-0.4, -0.2) is 187 Å². The third-order valence-corrected chi connectivity index (χ3v) is 15.6. The Hall–Kier alpha value is -7.58. The summed E-state index contributed by atoms with van der Waals surface area (Å²) in [5, 5.41) is 19.7. The van der Waals surface area contributed by atoms with Crippen molar-refractivity contribution < 1.29 is 47.0 Å². The second kappa shape index (κ2) is 24.0. The van der Waals surface area contributed by atoms with E-state index in [9.17, 15) is 38.0 Å². The number of benzene rings is 2. The average Bonchev–Trinajstić information content (AvgIpc) is 4.12. The Morgan fingerprint density at radius 1 is 0.846 bits per heavy atom. The first kappa shape index (κ1) is 53.8. The second-order valence-electron chi connectivity index (χ2n) is 20.4. The Bertz CT molecular complexity index is 3070. The van der Waals surface area contributed by atoms with Crippen LogP contribution in [0.1, 0.15) is 70.9 Å². The van der Waals surface area contributed by atoms with Crippen molar-refractivity contribution in [2.24, 2.45) is 0 Å². The number of piperidine rings is 2. The van der Waals surface area contributed by atoms with Crippen molar-refractivity contribution in [3.05, 3.63) is 107 Å². The van der Waals surface area contributed by atoms with Crippen molar-refractivity contribution in [2.75, 3.05) is 121 Å². The predicted molar refractivity (Wildman–Crippen MR) is 283 cm³/mol. The first-order valence-corrected chi connectivity index (χ1v) is 26.8. The van der Waals surface area contributed by atoms with Crippen LogP contribution in [0.2, 0.25) is 0 Å². The van der Waals surface area contributed by atoms with E-state index in [4.69, 9.17) is 19.2 Å². The summed E-state index contributed by atoms with van der Waals surface area (Å²) in [6.07, 6.45) is 6.92. The number of imide groups is 1. The summed E-state index contributed by atoms with van der Waals surface area (Å²) >= 11 is 0. The van der Waals surface area contributed by atoms with E-state index in [-0.39, 0.29) is 36.1 Å². The molecule has 0 bridgehead atoms. The summed E-state index contributed by atoms with van der Waals surface area (Å²) in [6, 6.07) is 16.0. The number of carbonyl (C=O) groups excluding carboxylic acids is 5. The van der Waals surface area contributed by atoms with Crippen molar-refractivity contribution in [3.8, 4) is 22.9 Å². The summed E-state index contributed by atoms with van der Waals surface area (Å²) < 4.78 is 48.3. The van der Waals surface area contributed by atoms with Gasteiger partial charge in [0, 0.05) is 120 Å². The maximum Gasteiger partial charge on any atom is 0.255 e. The lowest BCUT2D eigenvalue weighted by molar-refractivity contribution is -0.137. The van der Waals surface area contributed by atoms with Gasteiger partial charge in [-0.05, 0) is 86.3 Å². The molecule has 5 amide bonds. The number of nitrogens with zero attached hydrogens (tertiary/aromatic N) is 10. The fourth-order valence-corrected chi connectivity index (χ4v) is 11.2. The Morgan fingerprint density at radius 3 is 2.35 bits per heavy atom. The molecule has 1 atom stereocenters. The molecule has 2 N–H and O–H groups in total. The van der Waals surface area contributed by atoms with E-state index in [0.29, 0.717) is 127 Å². The lowest BCUT2D eigenvalue weighted by Gasteiger charge is -2.46. The number of aromatic nitrogens is 3. The third-order valence-electron chi connectivity index (χ3n) is 15.6. The molecule has 0 spiro atoms. The highest BCUT2D eigenvalue weighted by molar-refractivity contribution is 6.05. The van der Waals surface area contributed by atoms with Gasteiger partial charge in [-0.1, -0.05) is 0 Å². The fraction of sp³-hybridized carbons (Fsp3) is 0.464. The van der Waals surface area contributed by atoms with E-state index in [2.05, 4.69) is 41.4 Å². The average molecular weight is 1070 g/mol. The zero-order valence-corrected chi connectivity index (χ0v) is 43.8. The number of pyridine rings is 2. The maximum atomic E-state index is 14.9. The molecule has 0 radical (unpaired) electrons. The summed E-state index contributed by atoms with van der Waals surface area (Å²) in [5.41, 5.74) is 3.98. The van der Waals surface area contributed by atoms with E-state index in [1.54, 1.807) is 27.9 Å². The van der Waals surface area contributed by atoms with Crippen LogP contribution >= 0.6 is 0 Å². The maximum absolute atomic E-state index is 14.9. The highest BCUT2D eigenvalue weighted by Gasteiger charge is 2.41. The minimum atomic E-state index is -0.785. The number of hydrogen-bond donors (Lipinski definition) is 2. The van der Waals surface area contributed by atoms with Crippen molar-refractivity contribution in [1.82, 2.24) is 44.8 Å². The standard InChI is InChI=1S/C56H64F2N12O8/c1-2-78-43-31-45(52-40(32-59)34-61-70(52)36-43)38-3-9-49(60-33-38)67-14-12-56(13-15-67,63-53(73)46-30-41(57)4-7-47(46)58)37-65-18-16-64(17-19-65)24-26-77-28-27-76-25-11-51(72)68-22-20-66(21-23-68)42-5-6-44-39(29-42)35-69(55(44)75)48-8-10-50(71)62-54(48)74/h3-7,9,29-31,33-34,36,48H,2,8,10-28,35,37H2,1H3,(H,63,73)(H,62,71,74). The highest BCUT2D eigenvalue weighted by Crippen LogP contribution is 2.34. The number of hydrogen-bond acceptors (Lipinski definition) is 15. The Morgan fingerprint density at radius 2 is 1.62 bits per heavy atom.